The fourth-order valence-electron chi connectivity index (χ4n) is 3.32. The fraction of sp³-hybridized carbons (Fsp3) is 0.250. The number of rotatable bonds is 4. The molecule has 1 amide bonds. The molecule has 1 N–H and O–H groups in total. The topological polar surface area (TPSA) is 64.0 Å². The van der Waals surface area contributed by atoms with Gasteiger partial charge in [0.2, 0.25) is 5.43 Å². The molecule has 1 fully saturated rings. The molecule has 1 atom stereocenters. The lowest BCUT2D eigenvalue weighted by atomic mass is 10.1. The van der Waals surface area contributed by atoms with E-state index in [0.29, 0.717) is 18.9 Å². The van der Waals surface area contributed by atoms with Gasteiger partial charge in [0.25, 0.3) is 5.91 Å². The van der Waals surface area contributed by atoms with Gasteiger partial charge in [0.1, 0.15) is 34.0 Å². The monoisotopic (exact) mass is 457 g/mol. The standard InChI is InChI=1S/C20H13ClF5N3O2/c21-15-6-4-11-16(30)12(19(31)28-17(9-1-2-9)20(24,25)26)8-29(18(11)27-15)14-5-3-10(22)7-13(14)23/h3-9,17H,1-2H2,(H,28,31). The lowest BCUT2D eigenvalue weighted by Crippen LogP contribution is -2.48. The second kappa shape index (κ2) is 7.60. The maximum Gasteiger partial charge on any atom is 0.408 e. The van der Waals surface area contributed by atoms with Crippen LogP contribution in [0.4, 0.5) is 22.0 Å². The highest BCUT2D eigenvalue weighted by atomic mass is 35.5. The van der Waals surface area contributed by atoms with Gasteiger partial charge >= 0.3 is 6.18 Å². The van der Waals surface area contributed by atoms with Crippen LogP contribution in [0.2, 0.25) is 5.15 Å². The Balaban J connectivity index is 1.88. The van der Waals surface area contributed by atoms with Crippen LogP contribution in [0.5, 0.6) is 0 Å². The van der Waals surface area contributed by atoms with Gasteiger partial charge in [-0.3, -0.25) is 14.2 Å². The first-order chi connectivity index (χ1) is 14.6. The summed E-state index contributed by atoms with van der Waals surface area (Å²) < 4.78 is 68.7. The van der Waals surface area contributed by atoms with Crippen molar-refractivity contribution < 1.29 is 26.7 Å². The predicted molar refractivity (Wildman–Crippen MR) is 102 cm³/mol. The largest absolute Gasteiger partial charge is 0.408 e. The summed E-state index contributed by atoms with van der Waals surface area (Å²) in [5, 5.41) is 1.66. The molecule has 0 spiro atoms. The van der Waals surface area contributed by atoms with Crippen LogP contribution in [0.3, 0.4) is 0 Å². The van der Waals surface area contributed by atoms with Gasteiger partial charge in [0.05, 0.1) is 11.1 Å². The molecule has 0 radical (unpaired) electrons. The van der Waals surface area contributed by atoms with E-state index in [9.17, 15) is 31.5 Å². The molecule has 31 heavy (non-hydrogen) atoms. The number of alkyl halides is 3. The van der Waals surface area contributed by atoms with Crippen molar-refractivity contribution in [1.82, 2.24) is 14.9 Å². The SMILES string of the molecule is O=C(NC(C1CC1)C(F)(F)F)c1cn(-c2ccc(F)cc2F)c2nc(Cl)ccc2c1=O. The Morgan fingerprint density at radius 1 is 1.19 bits per heavy atom. The Kier molecular flexibility index (Phi) is 5.20. The highest BCUT2D eigenvalue weighted by Gasteiger charge is 2.49. The van der Waals surface area contributed by atoms with Crippen LogP contribution in [-0.2, 0) is 0 Å². The molecule has 0 saturated heterocycles. The molecule has 162 valence electrons. The summed E-state index contributed by atoms with van der Waals surface area (Å²) in [7, 11) is 0. The molecule has 1 aliphatic rings. The Bertz CT molecular complexity index is 1250. The molecule has 0 aliphatic heterocycles. The molecule has 1 aromatic carbocycles. The van der Waals surface area contributed by atoms with Crippen LogP contribution in [0.1, 0.15) is 23.2 Å². The molecule has 1 unspecified atom stereocenters. The number of nitrogens with one attached hydrogen (secondary N) is 1. The van der Waals surface area contributed by atoms with Gasteiger partial charge in [0, 0.05) is 12.3 Å². The Morgan fingerprint density at radius 2 is 1.90 bits per heavy atom. The highest BCUT2D eigenvalue weighted by Crippen LogP contribution is 2.40. The molecule has 1 saturated carbocycles. The normalized spacial score (nSPS) is 15.2. The van der Waals surface area contributed by atoms with Crippen molar-refractivity contribution in [2.75, 3.05) is 0 Å². The maximum absolute atomic E-state index is 14.4. The first kappa shape index (κ1) is 21.2. The number of aromatic nitrogens is 2. The van der Waals surface area contributed by atoms with Crippen molar-refractivity contribution in [3.05, 3.63) is 69.1 Å². The summed E-state index contributed by atoms with van der Waals surface area (Å²) in [6, 6.07) is 2.94. The van der Waals surface area contributed by atoms with E-state index in [-0.39, 0.29) is 21.9 Å². The third kappa shape index (κ3) is 4.12. The molecule has 2 heterocycles. The molecule has 5 nitrogen and oxygen atoms in total. The minimum atomic E-state index is -4.69. The molecule has 0 bridgehead atoms. The molecular weight excluding hydrogens is 445 g/mol. The number of hydrogen-bond acceptors (Lipinski definition) is 3. The van der Waals surface area contributed by atoms with Crippen LogP contribution in [0, 0.1) is 17.6 Å². The van der Waals surface area contributed by atoms with Gasteiger partial charge in [-0.1, -0.05) is 11.6 Å². The zero-order chi connectivity index (χ0) is 22.5. The van der Waals surface area contributed by atoms with Crippen molar-refractivity contribution >= 4 is 28.5 Å². The van der Waals surface area contributed by atoms with Gasteiger partial charge in [-0.15, -0.1) is 0 Å². The number of amides is 1. The number of carbonyl (C=O) groups is 1. The smallest absolute Gasteiger partial charge is 0.340 e. The van der Waals surface area contributed by atoms with Crippen LogP contribution < -0.4 is 10.7 Å². The van der Waals surface area contributed by atoms with Crippen molar-refractivity contribution in [1.29, 1.82) is 0 Å². The molecule has 1 aliphatic carbocycles. The van der Waals surface area contributed by atoms with Crippen LogP contribution >= 0.6 is 11.6 Å². The average molecular weight is 458 g/mol. The number of fused-ring (bicyclic) bond motifs is 1. The zero-order valence-corrected chi connectivity index (χ0v) is 16.3. The predicted octanol–water partition coefficient (Wildman–Crippen LogP) is 4.39. The van der Waals surface area contributed by atoms with E-state index >= 15 is 0 Å². The number of hydrogen-bond donors (Lipinski definition) is 1. The molecular formula is C20H13ClF5N3O2. The van der Waals surface area contributed by atoms with E-state index in [1.54, 1.807) is 0 Å². The molecule has 2 aromatic heterocycles. The lowest BCUT2D eigenvalue weighted by molar-refractivity contribution is -0.158. The van der Waals surface area contributed by atoms with Crippen molar-refractivity contribution in [3.63, 3.8) is 0 Å². The van der Waals surface area contributed by atoms with Gasteiger partial charge in [0.15, 0.2) is 0 Å². The Labute approximate surface area is 176 Å². The minimum absolute atomic E-state index is 0.0498. The molecule has 11 heteroatoms. The van der Waals surface area contributed by atoms with Gasteiger partial charge in [-0.2, -0.15) is 13.2 Å². The second-order valence-electron chi connectivity index (χ2n) is 7.17. The first-order valence-corrected chi connectivity index (χ1v) is 9.49. The summed E-state index contributed by atoms with van der Waals surface area (Å²) in [4.78, 5) is 29.5. The summed E-state index contributed by atoms with van der Waals surface area (Å²) >= 11 is 5.87. The number of benzene rings is 1. The number of carbonyl (C=O) groups excluding carboxylic acids is 1. The van der Waals surface area contributed by atoms with Crippen molar-refractivity contribution in [3.8, 4) is 5.69 Å². The second-order valence-corrected chi connectivity index (χ2v) is 7.56. The van der Waals surface area contributed by atoms with Crippen LogP contribution in [0.15, 0.2) is 41.3 Å². The zero-order valence-electron chi connectivity index (χ0n) is 15.5. The highest BCUT2D eigenvalue weighted by molar-refractivity contribution is 6.29. The summed E-state index contributed by atoms with van der Waals surface area (Å²) in [5.41, 5.74) is -1.96. The van der Waals surface area contributed by atoms with Crippen LogP contribution in [-0.4, -0.2) is 27.7 Å². The van der Waals surface area contributed by atoms with E-state index in [0.717, 1.165) is 22.9 Å². The van der Waals surface area contributed by atoms with E-state index in [1.807, 2.05) is 5.32 Å². The fourth-order valence-corrected chi connectivity index (χ4v) is 3.46. The molecule has 3 aromatic rings. The number of halogens is 6. The third-order valence-corrected chi connectivity index (χ3v) is 5.17. The van der Waals surface area contributed by atoms with Crippen molar-refractivity contribution in [2.24, 2.45) is 5.92 Å². The number of nitrogens with zero attached hydrogens (tertiary/aromatic N) is 2. The van der Waals surface area contributed by atoms with E-state index in [4.69, 9.17) is 11.6 Å². The third-order valence-electron chi connectivity index (χ3n) is 4.96. The minimum Gasteiger partial charge on any atom is -0.340 e. The summed E-state index contributed by atoms with van der Waals surface area (Å²) in [5.74, 6) is -3.92. The summed E-state index contributed by atoms with van der Waals surface area (Å²) in [6.07, 6.45) is -3.21. The van der Waals surface area contributed by atoms with E-state index < -0.39 is 46.7 Å². The van der Waals surface area contributed by atoms with E-state index in [1.165, 1.54) is 12.1 Å². The van der Waals surface area contributed by atoms with Crippen LogP contribution in [0.25, 0.3) is 16.7 Å². The maximum atomic E-state index is 14.4. The van der Waals surface area contributed by atoms with Gasteiger partial charge < -0.3 is 5.32 Å². The first-order valence-electron chi connectivity index (χ1n) is 9.11. The molecule has 4 rings (SSSR count). The Morgan fingerprint density at radius 3 is 2.52 bits per heavy atom. The number of pyridine rings is 2. The summed E-state index contributed by atoms with van der Waals surface area (Å²) in [6.45, 7) is 0. The Hall–Kier alpha value is -3.01. The van der Waals surface area contributed by atoms with E-state index in [2.05, 4.69) is 4.98 Å². The van der Waals surface area contributed by atoms with Crippen molar-refractivity contribution in [2.45, 2.75) is 25.1 Å². The van der Waals surface area contributed by atoms with Gasteiger partial charge in [-0.05, 0) is 43.0 Å². The average Bonchev–Trinajstić information content (AvgIpc) is 3.51. The lowest BCUT2D eigenvalue weighted by Gasteiger charge is -2.21. The van der Waals surface area contributed by atoms with Gasteiger partial charge in [-0.25, -0.2) is 13.8 Å². The quantitative estimate of drug-likeness (QED) is 0.467.